The number of carboxylic acids is 1. The maximum Gasteiger partial charge on any atom is 0.303 e. The fraction of sp³-hybridized carbons (Fsp3) is 0.750. The first kappa shape index (κ1) is 21.9. The van der Waals surface area contributed by atoms with Gasteiger partial charge < -0.3 is 20.4 Å². The second kappa shape index (κ2) is 12.2. The molecule has 0 aromatic carbocycles. The Morgan fingerprint density at radius 1 is 1.16 bits per heavy atom. The number of unbranched alkanes of at least 4 members (excludes halogenated alkanes) is 3. The lowest BCUT2D eigenvalue weighted by molar-refractivity contribution is -0.137. The van der Waals surface area contributed by atoms with E-state index in [4.69, 9.17) is 5.11 Å². The number of hydrogen-bond acceptors (Lipinski definition) is 4. The average molecular weight is 354 g/mol. The molecule has 0 spiro atoms. The van der Waals surface area contributed by atoms with Crippen LogP contribution in [0.3, 0.4) is 0 Å². The van der Waals surface area contributed by atoms with Crippen molar-refractivity contribution in [2.45, 2.75) is 83.0 Å². The third kappa shape index (κ3) is 8.66. The lowest BCUT2D eigenvalue weighted by Crippen LogP contribution is -2.20. The van der Waals surface area contributed by atoms with Gasteiger partial charge in [0.05, 0.1) is 18.3 Å². The minimum Gasteiger partial charge on any atom is -0.481 e. The predicted octanol–water partition coefficient (Wildman–Crippen LogP) is 3.04. The summed E-state index contributed by atoms with van der Waals surface area (Å²) in [6.45, 7) is 2.17. The number of hydrogen-bond donors (Lipinski definition) is 4. The first-order valence-corrected chi connectivity index (χ1v) is 9.55. The third-order valence-corrected chi connectivity index (χ3v) is 4.91. The molecule has 1 aliphatic carbocycles. The van der Waals surface area contributed by atoms with E-state index in [0.29, 0.717) is 25.7 Å². The molecular weight excluding hydrogens is 320 g/mol. The van der Waals surface area contributed by atoms with Crippen molar-refractivity contribution in [2.75, 3.05) is 0 Å². The molecule has 1 fully saturated rings. The van der Waals surface area contributed by atoms with Crippen molar-refractivity contribution in [1.29, 1.82) is 0 Å². The van der Waals surface area contributed by atoms with E-state index in [-0.39, 0.29) is 18.3 Å². The van der Waals surface area contributed by atoms with E-state index in [0.717, 1.165) is 6.42 Å². The van der Waals surface area contributed by atoms with Gasteiger partial charge in [-0.15, -0.1) is 0 Å². The Kier molecular flexibility index (Phi) is 10.7. The molecule has 0 saturated heterocycles. The molecule has 0 aliphatic heterocycles. The highest BCUT2D eigenvalue weighted by Gasteiger charge is 2.39. The van der Waals surface area contributed by atoms with E-state index in [1.54, 1.807) is 12.2 Å². The van der Waals surface area contributed by atoms with E-state index < -0.39 is 24.3 Å². The Bertz CT molecular complexity index is 432. The molecule has 0 bridgehead atoms. The van der Waals surface area contributed by atoms with Crippen LogP contribution in [0.5, 0.6) is 0 Å². The topological polar surface area (TPSA) is 98.0 Å². The summed E-state index contributed by atoms with van der Waals surface area (Å²) in [6.07, 6.45) is 12.4. The maximum absolute atomic E-state index is 10.5. The monoisotopic (exact) mass is 354 g/mol. The van der Waals surface area contributed by atoms with Crippen molar-refractivity contribution in [3.8, 4) is 0 Å². The van der Waals surface area contributed by atoms with Gasteiger partial charge in [0.1, 0.15) is 0 Å². The maximum atomic E-state index is 10.5. The zero-order valence-electron chi connectivity index (χ0n) is 15.3. The fourth-order valence-corrected chi connectivity index (χ4v) is 3.41. The molecule has 5 heteroatoms. The van der Waals surface area contributed by atoms with E-state index in [2.05, 4.69) is 19.1 Å². The van der Waals surface area contributed by atoms with E-state index >= 15 is 0 Å². The number of carbonyl (C=O) groups is 1. The second-order valence-corrected chi connectivity index (χ2v) is 7.05. The number of carboxylic acid groups (broad SMARTS) is 1. The SMILES string of the molecule is CCCCC/C=C\C[C@H]1[C@@H](/C=C/[C@H](O)CCCC(=O)O)[C@H](O)C[C@@H]1O. The molecule has 0 aromatic heterocycles. The number of allylic oxidation sites excluding steroid dienone is 2. The molecule has 5 nitrogen and oxygen atoms in total. The molecule has 25 heavy (non-hydrogen) atoms. The molecule has 0 amide bonds. The lowest BCUT2D eigenvalue weighted by Gasteiger charge is -2.19. The van der Waals surface area contributed by atoms with Crippen molar-refractivity contribution in [2.24, 2.45) is 11.8 Å². The first-order valence-electron chi connectivity index (χ1n) is 9.55. The summed E-state index contributed by atoms with van der Waals surface area (Å²) < 4.78 is 0. The van der Waals surface area contributed by atoms with Crippen molar-refractivity contribution in [3.05, 3.63) is 24.3 Å². The highest BCUT2D eigenvalue weighted by molar-refractivity contribution is 5.66. The van der Waals surface area contributed by atoms with Gasteiger partial charge in [-0.3, -0.25) is 4.79 Å². The van der Waals surface area contributed by atoms with E-state index in [9.17, 15) is 20.1 Å². The molecule has 1 saturated carbocycles. The number of aliphatic hydroxyl groups is 3. The highest BCUT2D eigenvalue weighted by atomic mass is 16.4. The van der Waals surface area contributed by atoms with E-state index in [1.807, 2.05) is 0 Å². The summed E-state index contributed by atoms with van der Waals surface area (Å²) in [5, 5.41) is 38.9. The van der Waals surface area contributed by atoms with Crippen LogP contribution in [-0.2, 0) is 4.79 Å². The quantitative estimate of drug-likeness (QED) is 0.319. The summed E-state index contributed by atoms with van der Waals surface area (Å²) in [5.74, 6) is -1.08. The van der Waals surface area contributed by atoms with Crippen molar-refractivity contribution >= 4 is 5.97 Å². The molecule has 4 N–H and O–H groups in total. The summed E-state index contributed by atoms with van der Waals surface area (Å²) in [7, 11) is 0. The highest BCUT2D eigenvalue weighted by Crippen LogP contribution is 2.36. The Morgan fingerprint density at radius 2 is 1.92 bits per heavy atom. The largest absolute Gasteiger partial charge is 0.481 e. The van der Waals surface area contributed by atoms with Crippen LogP contribution < -0.4 is 0 Å². The molecule has 0 radical (unpaired) electrons. The Hall–Kier alpha value is -1.17. The van der Waals surface area contributed by atoms with Gasteiger partial charge in [-0.1, -0.05) is 44.1 Å². The standard InChI is InChI=1S/C20H34O5/c1-2-3-4-5-6-7-10-16-17(19(23)14-18(16)22)13-12-15(21)9-8-11-20(24)25/h6-7,12-13,15-19,21-23H,2-5,8-11,14H2,1H3,(H,24,25)/b7-6-,13-12+/t15-,16+,17-,18+,19-/m1/s1. The van der Waals surface area contributed by atoms with Crippen LogP contribution in [0.25, 0.3) is 0 Å². The Balaban J connectivity index is 2.47. The molecular formula is C20H34O5. The minimum absolute atomic E-state index is 0.0418. The van der Waals surface area contributed by atoms with Crippen LogP contribution in [0.2, 0.25) is 0 Å². The summed E-state index contributed by atoms with van der Waals surface area (Å²) in [5.41, 5.74) is 0. The van der Waals surface area contributed by atoms with Gasteiger partial charge in [0.25, 0.3) is 0 Å². The van der Waals surface area contributed by atoms with Gasteiger partial charge in [0, 0.05) is 18.8 Å². The normalized spacial score (nSPS) is 28.2. The fourth-order valence-electron chi connectivity index (χ4n) is 3.41. The average Bonchev–Trinajstić information content (AvgIpc) is 2.81. The van der Waals surface area contributed by atoms with Gasteiger partial charge >= 0.3 is 5.97 Å². The van der Waals surface area contributed by atoms with Gasteiger partial charge in [0.2, 0.25) is 0 Å². The lowest BCUT2D eigenvalue weighted by atomic mass is 9.89. The third-order valence-electron chi connectivity index (χ3n) is 4.91. The number of aliphatic hydroxyl groups excluding tert-OH is 3. The number of rotatable bonds is 12. The predicted molar refractivity (Wildman–Crippen MR) is 98.1 cm³/mol. The van der Waals surface area contributed by atoms with Gasteiger partial charge in [0.15, 0.2) is 0 Å². The van der Waals surface area contributed by atoms with Crippen LogP contribution in [-0.4, -0.2) is 44.7 Å². The van der Waals surface area contributed by atoms with E-state index in [1.165, 1.54) is 19.3 Å². The van der Waals surface area contributed by atoms with Gasteiger partial charge in [-0.25, -0.2) is 0 Å². The first-order chi connectivity index (χ1) is 12.0. The van der Waals surface area contributed by atoms with Crippen molar-refractivity contribution in [3.63, 3.8) is 0 Å². The zero-order valence-corrected chi connectivity index (χ0v) is 15.3. The van der Waals surface area contributed by atoms with Crippen LogP contribution in [0, 0.1) is 11.8 Å². The molecule has 0 unspecified atom stereocenters. The molecule has 0 heterocycles. The Morgan fingerprint density at radius 3 is 2.60 bits per heavy atom. The summed E-state index contributed by atoms with van der Waals surface area (Å²) in [6, 6.07) is 0. The number of aliphatic carboxylic acids is 1. The molecule has 5 atom stereocenters. The van der Waals surface area contributed by atoms with Crippen LogP contribution in [0.1, 0.15) is 64.7 Å². The summed E-state index contributed by atoms with van der Waals surface area (Å²) in [4.78, 5) is 10.5. The zero-order chi connectivity index (χ0) is 18.7. The van der Waals surface area contributed by atoms with Crippen LogP contribution in [0.4, 0.5) is 0 Å². The molecule has 0 aromatic rings. The van der Waals surface area contributed by atoms with Crippen molar-refractivity contribution < 1.29 is 25.2 Å². The minimum atomic E-state index is -0.865. The molecule has 144 valence electrons. The Labute approximate surface area is 151 Å². The van der Waals surface area contributed by atoms with Crippen molar-refractivity contribution in [1.82, 2.24) is 0 Å². The molecule has 1 rings (SSSR count). The van der Waals surface area contributed by atoms with Crippen LogP contribution in [0.15, 0.2) is 24.3 Å². The molecule has 1 aliphatic rings. The summed E-state index contributed by atoms with van der Waals surface area (Å²) >= 11 is 0. The smallest absolute Gasteiger partial charge is 0.303 e. The van der Waals surface area contributed by atoms with Gasteiger partial charge in [-0.2, -0.15) is 0 Å². The van der Waals surface area contributed by atoms with Crippen LogP contribution >= 0.6 is 0 Å². The van der Waals surface area contributed by atoms with Gasteiger partial charge in [-0.05, 0) is 38.0 Å². The second-order valence-electron chi connectivity index (χ2n) is 7.05.